The SMILES string of the molecule is Cc1ccc(-c2nc(-c3ccc(C)cc3C)nc(-c3cc(C(=O)c4ccccc4)c(O)cc3O)n2)c(C)c1. The third-order valence-corrected chi connectivity index (χ3v) is 6.52. The molecule has 0 fully saturated rings. The van der Waals surface area contributed by atoms with Crippen LogP contribution in [-0.2, 0) is 0 Å². The predicted molar refractivity (Wildman–Crippen MR) is 148 cm³/mol. The van der Waals surface area contributed by atoms with E-state index in [0.717, 1.165) is 39.4 Å². The van der Waals surface area contributed by atoms with Crippen LogP contribution in [0.3, 0.4) is 0 Å². The van der Waals surface area contributed by atoms with Gasteiger partial charge in [-0.3, -0.25) is 4.79 Å². The molecule has 0 radical (unpaired) electrons. The van der Waals surface area contributed by atoms with E-state index in [0.29, 0.717) is 17.2 Å². The second-order valence-corrected chi connectivity index (χ2v) is 9.52. The number of phenolic OH excluding ortho intramolecular Hbond substituents is 2. The Bertz CT molecular complexity index is 1630. The van der Waals surface area contributed by atoms with Crippen molar-refractivity contribution in [1.29, 1.82) is 0 Å². The van der Waals surface area contributed by atoms with Gasteiger partial charge in [-0.05, 0) is 44.9 Å². The summed E-state index contributed by atoms with van der Waals surface area (Å²) in [6.07, 6.45) is 0. The Morgan fingerprint density at radius 2 is 1.08 bits per heavy atom. The third kappa shape index (κ3) is 4.76. The fourth-order valence-electron chi connectivity index (χ4n) is 4.55. The van der Waals surface area contributed by atoms with E-state index in [1.165, 1.54) is 6.07 Å². The van der Waals surface area contributed by atoms with E-state index in [4.69, 9.17) is 15.0 Å². The van der Waals surface area contributed by atoms with Crippen LogP contribution in [0, 0.1) is 27.7 Å². The summed E-state index contributed by atoms with van der Waals surface area (Å²) in [5.74, 6) is 0.166. The summed E-state index contributed by atoms with van der Waals surface area (Å²) < 4.78 is 0. The lowest BCUT2D eigenvalue weighted by Crippen LogP contribution is -2.05. The molecule has 5 rings (SSSR count). The van der Waals surface area contributed by atoms with E-state index >= 15 is 0 Å². The maximum atomic E-state index is 13.2. The zero-order valence-electron chi connectivity index (χ0n) is 21.6. The molecule has 0 saturated heterocycles. The molecule has 0 spiro atoms. The van der Waals surface area contributed by atoms with Crippen LogP contribution in [0.2, 0.25) is 0 Å². The lowest BCUT2D eigenvalue weighted by molar-refractivity contribution is 0.103. The molecule has 188 valence electrons. The number of carbonyl (C=O) groups is 1. The number of aromatic hydroxyl groups is 2. The van der Waals surface area contributed by atoms with Gasteiger partial charge in [0.1, 0.15) is 11.5 Å². The highest BCUT2D eigenvalue weighted by Crippen LogP contribution is 2.36. The monoisotopic (exact) mass is 501 g/mol. The molecule has 0 atom stereocenters. The molecule has 1 heterocycles. The average Bonchev–Trinajstić information content (AvgIpc) is 2.88. The van der Waals surface area contributed by atoms with Crippen LogP contribution in [0.15, 0.2) is 78.9 Å². The van der Waals surface area contributed by atoms with Crippen molar-refractivity contribution in [2.24, 2.45) is 0 Å². The first-order valence-corrected chi connectivity index (χ1v) is 12.3. The summed E-state index contributed by atoms with van der Waals surface area (Å²) in [5, 5.41) is 21.4. The van der Waals surface area contributed by atoms with Gasteiger partial charge >= 0.3 is 0 Å². The van der Waals surface area contributed by atoms with Crippen LogP contribution in [-0.4, -0.2) is 30.9 Å². The maximum Gasteiger partial charge on any atom is 0.196 e. The number of aryl methyl sites for hydroxylation is 4. The molecule has 5 aromatic rings. The summed E-state index contributed by atoms with van der Waals surface area (Å²) in [7, 11) is 0. The Hall–Kier alpha value is -4.84. The number of hydrogen-bond acceptors (Lipinski definition) is 6. The Balaban J connectivity index is 1.74. The molecule has 4 aromatic carbocycles. The smallest absolute Gasteiger partial charge is 0.196 e. The number of hydrogen-bond donors (Lipinski definition) is 2. The molecule has 0 saturated carbocycles. The van der Waals surface area contributed by atoms with Crippen molar-refractivity contribution >= 4 is 5.78 Å². The Kier molecular flexibility index (Phi) is 6.47. The Labute approximate surface area is 221 Å². The van der Waals surface area contributed by atoms with Gasteiger partial charge in [-0.15, -0.1) is 0 Å². The standard InChI is InChI=1S/C32H27N3O3/c1-18-10-12-23(20(3)14-18)30-33-31(24-13-11-19(2)15-21(24)4)35-32(34-30)26-16-25(27(36)17-28(26)37)29(38)22-8-6-5-7-9-22/h5-17,36-37H,1-4H3. The fourth-order valence-corrected chi connectivity index (χ4v) is 4.55. The molecule has 2 N–H and O–H groups in total. The molecular formula is C32H27N3O3. The largest absolute Gasteiger partial charge is 0.507 e. The van der Waals surface area contributed by atoms with Gasteiger partial charge in [-0.25, -0.2) is 15.0 Å². The van der Waals surface area contributed by atoms with Gasteiger partial charge in [-0.1, -0.05) is 77.9 Å². The lowest BCUT2D eigenvalue weighted by Gasteiger charge is -2.13. The van der Waals surface area contributed by atoms with E-state index in [9.17, 15) is 15.0 Å². The minimum atomic E-state index is -0.373. The minimum absolute atomic E-state index is 0.0468. The number of carbonyl (C=O) groups excluding carboxylic acids is 1. The van der Waals surface area contributed by atoms with Crippen LogP contribution in [0.1, 0.15) is 38.2 Å². The van der Waals surface area contributed by atoms with Crippen molar-refractivity contribution in [2.45, 2.75) is 27.7 Å². The summed E-state index contributed by atoms with van der Waals surface area (Å²) >= 11 is 0. The minimum Gasteiger partial charge on any atom is -0.507 e. The molecule has 0 unspecified atom stereocenters. The first-order valence-electron chi connectivity index (χ1n) is 12.3. The first kappa shape index (κ1) is 24.8. The van der Waals surface area contributed by atoms with Crippen molar-refractivity contribution < 1.29 is 15.0 Å². The van der Waals surface area contributed by atoms with Crippen LogP contribution in [0.5, 0.6) is 11.5 Å². The molecule has 0 aliphatic carbocycles. The number of ketones is 1. The number of nitrogens with zero attached hydrogens (tertiary/aromatic N) is 3. The predicted octanol–water partition coefficient (Wildman–Crippen LogP) is 6.75. The molecule has 0 aliphatic rings. The Morgan fingerprint density at radius 3 is 1.58 bits per heavy atom. The van der Waals surface area contributed by atoms with Gasteiger partial charge in [0.05, 0.1) is 11.1 Å². The van der Waals surface area contributed by atoms with Crippen molar-refractivity contribution in [3.05, 3.63) is 112 Å². The zero-order valence-corrected chi connectivity index (χ0v) is 21.6. The van der Waals surface area contributed by atoms with Crippen molar-refractivity contribution in [1.82, 2.24) is 15.0 Å². The summed E-state index contributed by atoms with van der Waals surface area (Å²) in [6.45, 7) is 8.04. The molecule has 38 heavy (non-hydrogen) atoms. The van der Waals surface area contributed by atoms with E-state index < -0.39 is 0 Å². The van der Waals surface area contributed by atoms with Gasteiger partial charge in [0.2, 0.25) is 0 Å². The third-order valence-electron chi connectivity index (χ3n) is 6.52. The van der Waals surface area contributed by atoms with Crippen LogP contribution in [0.4, 0.5) is 0 Å². The van der Waals surface area contributed by atoms with E-state index in [1.54, 1.807) is 24.3 Å². The Morgan fingerprint density at radius 1 is 0.579 bits per heavy atom. The van der Waals surface area contributed by atoms with Crippen LogP contribution in [0.25, 0.3) is 34.2 Å². The second-order valence-electron chi connectivity index (χ2n) is 9.52. The number of benzene rings is 4. The average molecular weight is 502 g/mol. The molecule has 0 bridgehead atoms. The summed E-state index contributed by atoms with van der Waals surface area (Å²) in [4.78, 5) is 27.5. The van der Waals surface area contributed by atoms with E-state index in [2.05, 4.69) is 12.1 Å². The quantitative estimate of drug-likeness (QED) is 0.259. The van der Waals surface area contributed by atoms with E-state index in [1.807, 2.05) is 58.0 Å². The molecule has 6 nitrogen and oxygen atoms in total. The highest BCUT2D eigenvalue weighted by molar-refractivity contribution is 6.11. The molecule has 0 aliphatic heterocycles. The number of aromatic nitrogens is 3. The molecule has 6 heteroatoms. The summed E-state index contributed by atoms with van der Waals surface area (Å²) in [5.41, 5.74) is 6.61. The van der Waals surface area contributed by atoms with Gasteiger partial charge in [0.15, 0.2) is 23.3 Å². The fraction of sp³-hybridized carbons (Fsp3) is 0.125. The van der Waals surface area contributed by atoms with Gasteiger partial charge in [0.25, 0.3) is 0 Å². The molecular weight excluding hydrogens is 474 g/mol. The van der Waals surface area contributed by atoms with Gasteiger partial charge < -0.3 is 10.2 Å². The zero-order chi connectivity index (χ0) is 27.0. The van der Waals surface area contributed by atoms with Crippen molar-refractivity contribution in [3.8, 4) is 45.7 Å². The second kappa shape index (κ2) is 9.90. The maximum absolute atomic E-state index is 13.2. The highest BCUT2D eigenvalue weighted by Gasteiger charge is 2.21. The number of rotatable bonds is 5. The van der Waals surface area contributed by atoms with Crippen LogP contribution < -0.4 is 0 Å². The molecule has 0 amide bonds. The first-order chi connectivity index (χ1) is 18.2. The highest BCUT2D eigenvalue weighted by atomic mass is 16.3. The van der Waals surface area contributed by atoms with Crippen molar-refractivity contribution in [3.63, 3.8) is 0 Å². The van der Waals surface area contributed by atoms with E-state index in [-0.39, 0.29) is 34.2 Å². The van der Waals surface area contributed by atoms with Gasteiger partial charge in [-0.2, -0.15) is 0 Å². The topological polar surface area (TPSA) is 96.2 Å². The lowest BCUT2D eigenvalue weighted by atomic mass is 9.99. The van der Waals surface area contributed by atoms with Gasteiger partial charge in [0, 0.05) is 22.8 Å². The molecule has 1 aromatic heterocycles. The summed E-state index contributed by atoms with van der Waals surface area (Å²) in [6, 6.07) is 23.3. The number of phenols is 2. The van der Waals surface area contributed by atoms with Crippen molar-refractivity contribution in [2.75, 3.05) is 0 Å². The normalized spacial score (nSPS) is 10.9. The van der Waals surface area contributed by atoms with Crippen LogP contribution >= 0.6 is 0 Å².